The second kappa shape index (κ2) is 7.64. The van der Waals surface area contributed by atoms with E-state index in [4.69, 9.17) is 16.6 Å². The minimum absolute atomic E-state index is 0.0938. The molecule has 0 aliphatic rings. The Morgan fingerprint density at radius 2 is 1.92 bits per heavy atom. The van der Waals surface area contributed by atoms with Gasteiger partial charge in [0.25, 0.3) is 5.91 Å². The number of para-hydroxylation sites is 1. The molecule has 3 rings (SSSR count). The Morgan fingerprint density at radius 3 is 2.68 bits per heavy atom. The molecule has 0 fully saturated rings. The summed E-state index contributed by atoms with van der Waals surface area (Å²) < 4.78 is 0. The minimum atomic E-state index is -0.0938. The van der Waals surface area contributed by atoms with Gasteiger partial charge in [0.1, 0.15) is 0 Å². The van der Waals surface area contributed by atoms with Crippen LogP contribution in [0, 0.1) is 0 Å². The van der Waals surface area contributed by atoms with Crippen molar-refractivity contribution >= 4 is 28.4 Å². The Labute approximate surface area is 152 Å². The Kier molecular flexibility index (Phi) is 5.31. The molecule has 1 aromatic heterocycles. The number of carbonyl (C=O) groups excluding carboxylic acids is 1. The summed E-state index contributed by atoms with van der Waals surface area (Å²) in [7, 11) is 3.95. The average Bonchev–Trinajstić information content (AvgIpc) is 2.60. The van der Waals surface area contributed by atoms with E-state index in [-0.39, 0.29) is 5.91 Å². The third-order valence-electron chi connectivity index (χ3n) is 3.93. The molecule has 0 aliphatic carbocycles. The van der Waals surface area contributed by atoms with Crippen molar-refractivity contribution < 1.29 is 4.79 Å². The van der Waals surface area contributed by atoms with E-state index in [1.807, 2.05) is 73.6 Å². The molecule has 0 radical (unpaired) electrons. The number of nitrogens with zero attached hydrogens (tertiary/aromatic N) is 2. The molecular formula is C20H20ClN3O. The second-order valence-corrected chi connectivity index (χ2v) is 6.58. The van der Waals surface area contributed by atoms with Crippen molar-refractivity contribution in [1.29, 1.82) is 0 Å². The van der Waals surface area contributed by atoms with Crippen LogP contribution in [0.1, 0.15) is 10.4 Å². The average molecular weight is 354 g/mol. The maximum absolute atomic E-state index is 12.7. The number of hydrogen-bond donors (Lipinski definition) is 1. The van der Waals surface area contributed by atoms with Crippen molar-refractivity contribution in [3.8, 4) is 11.3 Å². The molecule has 5 heteroatoms. The van der Waals surface area contributed by atoms with E-state index in [1.165, 1.54) is 0 Å². The van der Waals surface area contributed by atoms with E-state index >= 15 is 0 Å². The molecule has 0 spiro atoms. The van der Waals surface area contributed by atoms with Gasteiger partial charge in [-0.15, -0.1) is 0 Å². The molecule has 3 aromatic rings. The van der Waals surface area contributed by atoms with Crippen molar-refractivity contribution in [2.45, 2.75) is 0 Å². The largest absolute Gasteiger partial charge is 0.351 e. The molecule has 1 N–H and O–H groups in total. The van der Waals surface area contributed by atoms with E-state index in [0.717, 1.165) is 28.7 Å². The number of carbonyl (C=O) groups is 1. The standard InChI is InChI=1S/C20H20ClN3O/c1-24(2)11-10-22-20(25)17-13-19(14-6-5-7-15(21)12-14)23-18-9-4-3-8-16(17)18/h3-9,12-13H,10-11H2,1-2H3,(H,22,25). The van der Waals surface area contributed by atoms with E-state index < -0.39 is 0 Å². The number of aromatic nitrogens is 1. The lowest BCUT2D eigenvalue weighted by Crippen LogP contribution is -2.31. The number of fused-ring (bicyclic) bond motifs is 1. The summed E-state index contributed by atoms with van der Waals surface area (Å²) in [5, 5.41) is 4.46. The number of hydrogen-bond acceptors (Lipinski definition) is 3. The van der Waals surface area contributed by atoms with Gasteiger partial charge in [-0.1, -0.05) is 41.9 Å². The predicted molar refractivity (Wildman–Crippen MR) is 103 cm³/mol. The van der Waals surface area contributed by atoms with Gasteiger partial charge in [-0.3, -0.25) is 4.79 Å². The van der Waals surface area contributed by atoms with Crippen LogP contribution >= 0.6 is 11.6 Å². The van der Waals surface area contributed by atoms with Gasteiger partial charge in [-0.05, 0) is 38.4 Å². The Hall–Kier alpha value is -2.43. The monoisotopic (exact) mass is 353 g/mol. The SMILES string of the molecule is CN(C)CCNC(=O)c1cc(-c2cccc(Cl)c2)nc2ccccc12. The maximum Gasteiger partial charge on any atom is 0.252 e. The van der Waals surface area contributed by atoms with Gasteiger partial charge in [0, 0.05) is 29.1 Å². The van der Waals surface area contributed by atoms with Crippen LogP contribution in [0.5, 0.6) is 0 Å². The first-order chi connectivity index (χ1) is 12.0. The minimum Gasteiger partial charge on any atom is -0.351 e. The molecule has 1 amide bonds. The first kappa shape index (κ1) is 17.4. The molecule has 1 heterocycles. The summed E-state index contributed by atoms with van der Waals surface area (Å²) in [5.74, 6) is -0.0938. The highest BCUT2D eigenvalue weighted by Crippen LogP contribution is 2.26. The van der Waals surface area contributed by atoms with Crippen LogP contribution in [0.2, 0.25) is 5.02 Å². The van der Waals surface area contributed by atoms with Gasteiger partial charge in [0.05, 0.1) is 16.8 Å². The molecule has 0 saturated carbocycles. The fourth-order valence-electron chi connectivity index (χ4n) is 2.65. The van der Waals surface area contributed by atoms with Gasteiger partial charge in [0.15, 0.2) is 0 Å². The lowest BCUT2D eigenvalue weighted by Gasteiger charge is -2.13. The molecular weight excluding hydrogens is 334 g/mol. The molecule has 0 bridgehead atoms. The Bertz CT molecular complexity index is 908. The lowest BCUT2D eigenvalue weighted by molar-refractivity contribution is 0.0952. The highest BCUT2D eigenvalue weighted by Gasteiger charge is 2.13. The summed E-state index contributed by atoms with van der Waals surface area (Å²) in [6.07, 6.45) is 0. The van der Waals surface area contributed by atoms with Crippen LogP contribution < -0.4 is 5.32 Å². The summed E-state index contributed by atoms with van der Waals surface area (Å²) in [4.78, 5) is 19.4. The topological polar surface area (TPSA) is 45.2 Å². The third-order valence-corrected chi connectivity index (χ3v) is 4.16. The Morgan fingerprint density at radius 1 is 1.12 bits per heavy atom. The summed E-state index contributed by atoms with van der Waals surface area (Å²) >= 11 is 6.10. The highest BCUT2D eigenvalue weighted by molar-refractivity contribution is 6.30. The van der Waals surface area contributed by atoms with Crippen LogP contribution in [0.15, 0.2) is 54.6 Å². The number of likely N-dealkylation sites (N-methyl/N-ethyl adjacent to an activating group) is 1. The van der Waals surface area contributed by atoms with Crippen molar-refractivity contribution in [2.24, 2.45) is 0 Å². The summed E-state index contributed by atoms with van der Waals surface area (Å²) in [6.45, 7) is 1.38. The van der Waals surface area contributed by atoms with Gasteiger partial charge in [-0.25, -0.2) is 4.98 Å². The smallest absolute Gasteiger partial charge is 0.252 e. The van der Waals surface area contributed by atoms with E-state index in [2.05, 4.69) is 5.32 Å². The van der Waals surface area contributed by atoms with Crippen LogP contribution in [0.3, 0.4) is 0 Å². The zero-order valence-corrected chi connectivity index (χ0v) is 15.0. The van der Waals surface area contributed by atoms with Crippen molar-refractivity contribution in [3.63, 3.8) is 0 Å². The van der Waals surface area contributed by atoms with Crippen LogP contribution in [0.4, 0.5) is 0 Å². The van der Waals surface area contributed by atoms with Gasteiger partial charge in [-0.2, -0.15) is 0 Å². The van der Waals surface area contributed by atoms with Crippen molar-refractivity contribution in [1.82, 2.24) is 15.2 Å². The molecule has 128 valence electrons. The van der Waals surface area contributed by atoms with E-state index in [0.29, 0.717) is 17.1 Å². The van der Waals surface area contributed by atoms with Gasteiger partial charge < -0.3 is 10.2 Å². The first-order valence-corrected chi connectivity index (χ1v) is 8.51. The quantitative estimate of drug-likeness (QED) is 0.757. The predicted octanol–water partition coefficient (Wildman–Crippen LogP) is 3.85. The van der Waals surface area contributed by atoms with Gasteiger partial charge in [0.2, 0.25) is 0 Å². The summed E-state index contributed by atoms with van der Waals surface area (Å²) in [6, 6.07) is 17.0. The molecule has 0 saturated heterocycles. The summed E-state index contributed by atoms with van der Waals surface area (Å²) in [5.41, 5.74) is 3.04. The highest BCUT2D eigenvalue weighted by atomic mass is 35.5. The maximum atomic E-state index is 12.7. The van der Waals surface area contributed by atoms with Crippen LogP contribution in [-0.2, 0) is 0 Å². The fraction of sp³-hybridized carbons (Fsp3) is 0.200. The third kappa shape index (κ3) is 4.16. The fourth-order valence-corrected chi connectivity index (χ4v) is 2.84. The number of pyridine rings is 1. The zero-order valence-electron chi connectivity index (χ0n) is 14.3. The normalized spacial score (nSPS) is 11.0. The van der Waals surface area contributed by atoms with E-state index in [9.17, 15) is 4.79 Å². The number of amides is 1. The number of halogens is 1. The number of nitrogens with one attached hydrogen (secondary N) is 1. The van der Waals surface area contributed by atoms with Crippen molar-refractivity contribution in [2.75, 3.05) is 27.2 Å². The van der Waals surface area contributed by atoms with Crippen LogP contribution in [-0.4, -0.2) is 43.0 Å². The molecule has 0 unspecified atom stereocenters. The lowest BCUT2D eigenvalue weighted by atomic mass is 10.0. The van der Waals surface area contributed by atoms with E-state index in [1.54, 1.807) is 0 Å². The molecule has 0 atom stereocenters. The number of rotatable bonds is 5. The van der Waals surface area contributed by atoms with Crippen molar-refractivity contribution in [3.05, 3.63) is 65.2 Å². The molecule has 25 heavy (non-hydrogen) atoms. The molecule has 0 aliphatic heterocycles. The number of benzene rings is 2. The molecule has 4 nitrogen and oxygen atoms in total. The first-order valence-electron chi connectivity index (χ1n) is 8.13. The van der Waals surface area contributed by atoms with Crippen LogP contribution in [0.25, 0.3) is 22.2 Å². The second-order valence-electron chi connectivity index (χ2n) is 6.14. The zero-order chi connectivity index (χ0) is 17.8. The molecule has 2 aromatic carbocycles. The Balaban J connectivity index is 2.02. The van der Waals surface area contributed by atoms with Gasteiger partial charge >= 0.3 is 0 Å².